The van der Waals surface area contributed by atoms with Crippen molar-refractivity contribution in [3.63, 3.8) is 0 Å². The van der Waals surface area contributed by atoms with Crippen LogP contribution in [0.1, 0.15) is 53.9 Å². The van der Waals surface area contributed by atoms with Gasteiger partial charge in [0, 0.05) is 5.54 Å². The molecule has 1 aliphatic rings. The molecule has 1 saturated heterocycles. The molecule has 0 aromatic rings. The maximum absolute atomic E-state index is 11.7. The van der Waals surface area contributed by atoms with Crippen LogP contribution >= 0.6 is 0 Å². The standard InChI is InChI=1S/C15H31NO2S/c1-12(2)6-7-13(10-16-15(3,4)5)14-8-9-19(17,18)11-14/h12-14,16H,6-11H2,1-5H3. The van der Waals surface area contributed by atoms with Crippen LogP contribution in [0.5, 0.6) is 0 Å². The Balaban J connectivity index is 2.59. The first-order valence-corrected chi connectivity index (χ1v) is 9.36. The van der Waals surface area contributed by atoms with Gasteiger partial charge in [-0.05, 0) is 57.9 Å². The van der Waals surface area contributed by atoms with Crippen LogP contribution in [-0.4, -0.2) is 32.0 Å². The highest BCUT2D eigenvalue weighted by Crippen LogP contribution is 2.30. The number of rotatable bonds is 6. The van der Waals surface area contributed by atoms with Crippen molar-refractivity contribution in [3.8, 4) is 0 Å². The molecule has 4 heteroatoms. The van der Waals surface area contributed by atoms with Crippen LogP contribution < -0.4 is 5.32 Å². The van der Waals surface area contributed by atoms with Crippen molar-refractivity contribution < 1.29 is 8.42 Å². The average molecular weight is 289 g/mol. The maximum Gasteiger partial charge on any atom is 0.150 e. The fourth-order valence-corrected chi connectivity index (χ4v) is 4.60. The summed E-state index contributed by atoms with van der Waals surface area (Å²) in [4.78, 5) is 0. The van der Waals surface area contributed by atoms with Gasteiger partial charge in [0.2, 0.25) is 0 Å². The lowest BCUT2D eigenvalue weighted by Gasteiger charge is -2.29. The van der Waals surface area contributed by atoms with Gasteiger partial charge < -0.3 is 5.32 Å². The molecule has 0 aromatic carbocycles. The Labute approximate surface area is 119 Å². The smallest absolute Gasteiger partial charge is 0.150 e. The molecule has 3 nitrogen and oxygen atoms in total. The van der Waals surface area contributed by atoms with E-state index >= 15 is 0 Å². The first kappa shape index (κ1) is 17.0. The van der Waals surface area contributed by atoms with Crippen molar-refractivity contribution in [1.29, 1.82) is 0 Å². The molecule has 2 unspecified atom stereocenters. The van der Waals surface area contributed by atoms with Crippen molar-refractivity contribution in [2.75, 3.05) is 18.1 Å². The normalized spacial score (nSPS) is 24.8. The molecule has 19 heavy (non-hydrogen) atoms. The van der Waals surface area contributed by atoms with E-state index in [1.807, 2.05) is 0 Å². The summed E-state index contributed by atoms with van der Waals surface area (Å²) >= 11 is 0. The molecule has 0 spiro atoms. The summed E-state index contributed by atoms with van der Waals surface area (Å²) in [6.45, 7) is 11.9. The van der Waals surface area contributed by atoms with E-state index in [1.54, 1.807) is 0 Å². The van der Waals surface area contributed by atoms with E-state index in [-0.39, 0.29) is 5.54 Å². The first-order valence-electron chi connectivity index (χ1n) is 7.54. The number of hydrogen-bond donors (Lipinski definition) is 1. The summed E-state index contributed by atoms with van der Waals surface area (Å²) in [5, 5.41) is 3.56. The Morgan fingerprint density at radius 2 is 1.84 bits per heavy atom. The molecule has 1 rings (SSSR count). The molecule has 0 aliphatic carbocycles. The topological polar surface area (TPSA) is 46.2 Å². The lowest BCUT2D eigenvalue weighted by Crippen LogP contribution is -2.41. The predicted molar refractivity (Wildman–Crippen MR) is 82.1 cm³/mol. The van der Waals surface area contributed by atoms with Crippen LogP contribution in [0.2, 0.25) is 0 Å². The molecule has 1 fully saturated rings. The van der Waals surface area contributed by atoms with Gasteiger partial charge in [-0.3, -0.25) is 0 Å². The van der Waals surface area contributed by atoms with Gasteiger partial charge in [0.05, 0.1) is 11.5 Å². The summed E-state index contributed by atoms with van der Waals surface area (Å²) in [5.41, 5.74) is 0.105. The Morgan fingerprint density at radius 3 is 2.26 bits per heavy atom. The number of sulfone groups is 1. The minimum atomic E-state index is -2.76. The van der Waals surface area contributed by atoms with E-state index in [9.17, 15) is 8.42 Å². The van der Waals surface area contributed by atoms with Crippen molar-refractivity contribution >= 4 is 9.84 Å². The van der Waals surface area contributed by atoms with Gasteiger partial charge in [-0.15, -0.1) is 0 Å². The van der Waals surface area contributed by atoms with Crippen LogP contribution in [0.25, 0.3) is 0 Å². The third-order valence-electron chi connectivity index (χ3n) is 3.94. The van der Waals surface area contributed by atoms with Crippen molar-refractivity contribution in [2.45, 2.75) is 59.4 Å². The second-order valence-electron chi connectivity index (χ2n) is 7.53. The first-order chi connectivity index (χ1) is 8.59. The highest BCUT2D eigenvalue weighted by molar-refractivity contribution is 7.91. The molecule has 0 amide bonds. The SMILES string of the molecule is CC(C)CCC(CNC(C)(C)C)C1CCS(=O)(=O)C1. The van der Waals surface area contributed by atoms with E-state index in [1.165, 1.54) is 6.42 Å². The molecule has 2 atom stereocenters. The molecular weight excluding hydrogens is 258 g/mol. The van der Waals surface area contributed by atoms with Gasteiger partial charge in [-0.1, -0.05) is 20.3 Å². The summed E-state index contributed by atoms with van der Waals surface area (Å²) < 4.78 is 23.3. The van der Waals surface area contributed by atoms with E-state index < -0.39 is 9.84 Å². The Hall–Kier alpha value is -0.0900. The third kappa shape index (κ3) is 6.75. The molecule has 114 valence electrons. The maximum atomic E-state index is 11.7. The zero-order valence-corrected chi connectivity index (χ0v) is 14.0. The van der Waals surface area contributed by atoms with E-state index in [4.69, 9.17) is 0 Å². The van der Waals surface area contributed by atoms with E-state index in [0.29, 0.717) is 29.3 Å². The monoisotopic (exact) mass is 289 g/mol. The number of hydrogen-bond acceptors (Lipinski definition) is 3. The van der Waals surface area contributed by atoms with Crippen LogP contribution in [0, 0.1) is 17.8 Å². The lowest BCUT2D eigenvalue weighted by molar-refractivity contribution is 0.275. The quantitative estimate of drug-likeness (QED) is 0.818. The Kier molecular flexibility index (Phi) is 5.87. The molecule has 0 saturated carbocycles. The van der Waals surface area contributed by atoms with Crippen LogP contribution in [0.15, 0.2) is 0 Å². The lowest BCUT2D eigenvalue weighted by atomic mass is 9.85. The highest BCUT2D eigenvalue weighted by atomic mass is 32.2. The second-order valence-corrected chi connectivity index (χ2v) is 9.75. The van der Waals surface area contributed by atoms with Crippen molar-refractivity contribution in [1.82, 2.24) is 5.32 Å². The average Bonchev–Trinajstić information content (AvgIpc) is 2.57. The van der Waals surface area contributed by atoms with E-state index in [0.717, 1.165) is 19.4 Å². The van der Waals surface area contributed by atoms with Crippen LogP contribution in [0.4, 0.5) is 0 Å². The van der Waals surface area contributed by atoms with Gasteiger partial charge in [0.25, 0.3) is 0 Å². The Bertz CT molecular complexity index is 368. The van der Waals surface area contributed by atoms with Crippen molar-refractivity contribution in [3.05, 3.63) is 0 Å². The summed E-state index contributed by atoms with van der Waals surface area (Å²) in [7, 11) is -2.76. The molecular formula is C15H31NO2S. The van der Waals surface area contributed by atoms with Crippen molar-refractivity contribution in [2.24, 2.45) is 17.8 Å². The molecule has 1 N–H and O–H groups in total. The summed E-state index contributed by atoms with van der Waals surface area (Å²) in [6.07, 6.45) is 3.19. The van der Waals surface area contributed by atoms with Gasteiger partial charge >= 0.3 is 0 Å². The van der Waals surface area contributed by atoms with Gasteiger partial charge in [-0.2, -0.15) is 0 Å². The zero-order valence-electron chi connectivity index (χ0n) is 13.2. The minimum Gasteiger partial charge on any atom is -0.312 e. The zero-order chi connectivity index (χ0) is 14.7. The molecule has 0 aromatic heterocycles. The van der Waals surface area contributed by atoms with Crippen LogP contribution in [0.3, 0.4) is 0 Å². The fourth-order valence-electron chi connectivity index (χ4n) is 2.68. The molecule has 0 radical (unpaired) electrons. The molecule has 1 aliphatic heterocycles. The molecule has 0 bridgehead atoms. The molecule has 1 heterocycles. The number of nitrogens with one attached hydrogen (secondary N) is 1. The Morgan fingerprint density at radius 1 is 1.21 bits per heavy atom. The fraction of sp³-hybridized carbons (Fsp3) is 1.00. The van der Waals surface area contributed by atoms with E-state index in [2.05, 4.69) is 39.9 Å². The largest absolute Gasteiger partial charge is 0.312 e. The second kappa shape index (κ2) is 6.57. The third-order valence-corrected chi connectivity index (χ3v) is 5.74. The predicted octanol–water partition coefficient (Wildman–Crippen LogP) is 2.86. The van der Waals surface area contributed by atoms with Crippen LogP contribution in [-0.2, 0) is 9.84 Å². The van der Waals surface area contributed by atoms with Gasteiger partial charge in [0.1, 0.15) is 0 Å². The van der Waals surface area contributed by atoms with Gasteiger partial charge in [0.15, 0.2) is 9.84 Å². The minimum absolute atomic E-state index is 0.105. The highest BCUT2D eigenvalue weighted by Gasteiger charge is 2.33. The summed E-state index contributed by atoms with van der Waals surface area (Å²) in [5.74, 6) is 2.35. The summed E-state index contributed by atoms with van der Waals surface area (Å²) in [6, 6.07) is 0. The van der Waals surface area contributed by atoms with Gasteiger partial charge in [-0.25, -0.2) is 8.42 Å².